The third-order valence-electron chi connectivity index (χ3n) is 13.0. The monoisotopic (exact) mass is 951 g/mol. The Bertz CT molecular complexity index is 1510. The Morgan fingerprint density at radius 1 is 0.444 bits per heavy atom. The third kappa shape index (κ3) is 20.2. The van der Waals surface area contributed by atoms with Crippen LogP contribution in [0, 0.1) is 89.0 Å². The molecule has 0 aliphatic heterocycles. The van der Waals surface area contributed by atoms with E-state index in [-0.39, 0.29) is 0 Å². The lowest BCUT2D eigenvalue weighted by Gasteiger charge is -2.44. The van der Waals surface area contributed by atoms with Crippen LogP contribution in [0.2, 0.25) is 21.1 Å². The van der Waals surface area contributed by atoms with E-state index < -0.39 is 88.0 Å². The lowest BCUT2D eigenvalue weighted by molar-refractivity contribution is -0.139. The van der Waals surface area contributed by atoms with E-state index in [0.29, 0.717) is 6.92 Å². The maximum absolute atomic E-state index is 13.8. The summed E-state index contributed by atoms with van der Waals surface area (Å²) in [5, 5.41) is 6.54. The Morgan fingerprint density at radius 2 is 0.794 bits per heavy atom. The molecule has 13 heteroatoms. The number of halogens is 11. The highest BCUT2D eigenvalue weighted by molar-refractivity contribution is 7.36. The fourth-order valence-electron chi connectivity index (χ4n) is 10.6. The number of hydrogen-bond acceptors (Lipinski definition) is 0. The number of rotatable bonds is 25. The van der Waals surface area contributed by atoms with Crippen molar-refractivity contribution in [2.45, 2.75) is 194 Å². The Hall–Kier alpha value is -1.37. The summed E-state index contributed by atoms with van der Waals surface area (Å²) in [6.45, 7) is 29.6. The van der Waals surface area contributed by atoms with Crippen LogP contribution in [0.4, 0.5) is 48.3 Å². The van der Waals surface area contributed by atoms with Gasteiger partial charge in [0.05, 0.1) is 11.7 Å². The molecular weight excluding hydrogens is 867 g/mol. The SMILES string of the molecule is CCCC(C)[CH2][Al-]([CH2]C(C)CCC)([CH2]C(C)CCC)[CH2]C(C)CCC.CCCC(CC)CCC(C)C[PH2+]C.Cc1c(F)c(F)c(F)c(C(F)(F)F)c1-c1c(F)c(F)c(F)c(F)c1F. The van der Waals surface area contributed by atoms with Crippen molar-refractivity contribution >= 4 is 21.7 Å². The second-order valence-electron chi connectivity index (χ2n) is 19.4. The van der Waals surface area contributed by atoms with E-state index in [9.17, 15) is 48.3 Å². The molecule has 0 fully saturated rings. The van der Waals surface area contributed by atoms with Crippen LogP contribution in [0.3, 0.4) is 0 Å². The van der Waals surface area contributed by atoms with E-state index in [0.717, 1.165) is 44.1 Å². The maximum atomic E-state index is 13.8. The summed E-state index contributed by atoms with van der Waals surface area (Å²) in [4.78, 5) is 0. The summed E-state index contributed by atoms with van der Waals surface area (Å²) in [5.74, 6) is -15.4. The summed E-state index contributed by atoms with van der Waals surface area (Å²) < 4.78 is 146. The largest absolute Gasteiger partial charge is 0.419 e. The summed E-state index contributed by atoms with van der Waals surface area (Å²) in [7, 11) is 0.723. The van der Waals surface area contributed by atoms with Gasteiger partial charge in [-0.15, -0.1) is 0 Å². The first-order valence-corrected chi connectivity index (χ1v) is 29.4. The molecule has 0 N–H and O–H groups in total. The molecule has 0 heterocycles. The fourth-order valence-corrected chi connectivity index (χ4v) is 20.6. The Balaban J connectivity index is 0.000000965. The molecule has 2 rings (SSSR count). The van der Waals surface area contributed by atoms with Crippen LogP contribution in [0.5, 0.6) is 0 Å². The van der Waals surface area contributed by atoms with Crippen LogP contribution in [-0.2, 0) is 6.18 Å². The molecule has 0 radical (unpaired) electrons. The standard InChI is InChI=1S/C14H3F11.C12H27P.4C6H13.Al/c1-2-3(4-7(16)11(20)13(22)12(21)8(4)17)5(14(23,24)25)9(18)10(19)6(2)15;1-5-7-12(6-2)9-8-11(3)10-13-4;4*1-4-5-6(2)3;/h1H3;11-13H,5-10H2,1-4H3;4*6H,2,4-5H2,1,3H3;/q;;;;;;-1/p+1. The third-order valence-corrected chi connectivity index (χ3v) is 21.5. The molecule has 7 atom stereocenters. The summed E-state index contributed by atoms with van der Waals surface area (Å²) in [5.41, 5.74) is -8.45. The molecule has 0 aliphatic rings. The van der Waals surface area contributed by atoms with Gasteiger partial charge >= 0.3 is 6.18 Å². The van der Waals surface area contributed by atoms with E-state index in [4.69, 9.17) is 0 Å². The molecule has 0 spiro atoms. The zero-order valence-electron chi connectivity index (χ0n) is 41.0. The molecule has 2 aromatic carbocycles. The van der Waals surface area contributed by atoms with Crippen molar-refractivity contribution in [3.8, 4) is 11.1 Å². The maximum Gasteiger partial charge on any atom is 0.419 e. The van der Waals surface area contributed by atoms with Gasteiger partial charge in [-0.2, -0.15) is 34.3 Å². The molecule has 63 heavy (non-hydrogen) atoms. The van der Waals surface area contributed by atoms with Crippen molar-refractivity contribution in [1.29, 1.82) is 0 Å². The van der Waals surface area contributed by atoms with Gasteiger partial charge in [0, 0.05) is 12.2 Å². The van der Waals surface area contributed by atoms with Crippen molar-refractivity contribution in [3.05, 3.63) is 57.7 Å². The lowest BCUT2D eigenvalue weighted by Crippen LogP contribution is -2.41. The summed E-state index contributed by atoms with van der Waals surface area (Å²) >= 11 is -1.55. The highest BCUT2D eigenvalue weighted by Gasteiger charge is 2.43. The van der Waals surface area contributed by atoms with E-state index in [1.54, 1.807) is 21.1 Å². The number of hydrogen-bond donors (Lipinski definition) is 0. The quantitative estimate of drug-likeness (QED) is 0.0306. The molecule has 0 saturated heterocycles. The first-order chi connectivity index (χ1) is 29.4. The van der Waals surface area contributed by atoms with Gasteiger partial charge in [-0.3, -0.25) is 0 Å². The van der Waals surface area contributed by atoms with Gasteiger partial charge in [0.2, 0.25) is 5.82 Å². The van der Waals surface area contributed by atoms with Crippen molar-refractivity contribution < 1.29 is 48.3 Å². The van der Waals surface area contributed by atoms with Gasteiger partial charge in [0.25, 0.3) is 0 Å². The van der Waals surface area contributed by atoms with Gasteiger partial charge in [-0.25, -0.2) is 35.1 Å². The minimum Gasteiger partial charge on any atom is -0.203 e. The van der Waals surface area contributed by atoms with Crippen molar-refractivity contribution in [2.75, 3.05) is 12.8 Å². The summed E-state index contributed by atoms with van der Waals surface area (Å²) in [6.07, 6.45) is 14.1. The molecule has 0 nitrogen and oxygen atoms in total. The van der Waals surface area contributed by atoms with Crippen LogP contribution in [-0.4, -0.2) is 25.9 Å². The molecule has 0 saturated carbocycles. The molecule has 2 aromatic rings. The minimum absolute atomic E-state index is 0.362. The smallest absolute Gasteiger partial charge is 0.203 e. The molecule has 0 bridgehead atoms. The van der Waals surface area contributed by atoms with Crippen LogP contribution in [0.25, 0.3) is 11.1 Å². The van der Waals surface area contributed by atoms with Gasteiger partial charge in [0.1, 0.15) is 18.6 Å². The van der Waals surface area contributed by atoms with Crippen LogP contribution >= 0.6 is 8.58 Å². The Morgan fingerprint density at radius 3 is 1.11 bits per heavy atom. The van der Waals surface area contributed by atoms with Crippen molar-refractivity contribution in [2.24, 2.45) is 35.5 Å². The fraction of sp³-hybridized carbons (Fsp3) is 0.760. The topological polar surface area (TPSA) is 0 Å². The zero-order chi connectivity index (χ0) is 48.8. The van der Waals surface area contributed by atoms with Gasteiger partial charge in [-0.1, -0.05) is 177 Å². The second-order valence-corrected chi connectivity index (χ2v) is 26.0. The Labute approximate surface area is 379 Å². The van der Waals surface area contributed by atoms with Crippen molar-refractivity contribution in [3.63, 3.8) is 0 Å². The first kappa shape index (κ1) is 61.6. The van der Waals surface area contributed by atoms with E-state index >= 15 is 0 Å². The number of alkyl halides is 3. The first-order valence-electron chi connectivity index (χ1n) is 24.1. The highest BCUT2D eigenvalue weighted by Crippen LogP contribution is 2.45. The van der Waals surface area contributed by atoms with E-state index in [2.05, 4.69) is 82.8 Å². The van der Waals surface area contributed by atoms with Gasteiger partial charge in [-0.05, 0) is 39.3 Å². The lowest BCUT2D eigenvalue weighted by atomic mass is 9.92. The molecule has 0 amide bonds. The molecule has 7 unspecified atom stereocenters. The van der Waals surface area contributed by atoms with Crippen LogP contribution < -0.4 is 0 Å². The zero-order valence-corrected chi connectivity index (χ0v) is 43.3. The van der Waals surface area contributed by atoms with Crippen LogP contribution in [0.15, 0.2) is 0 Å². The predicted octanol–water partition coefficient (Wildman–Crippen LogP) is 19.2. The predicted molar refractivity (Wildman–Crippen MR) is 250 cm³/mol. The van der Waals surface area contributed by atoms with Gasteiger partial charge in [0.15, 0.2) is 40.7 Å². The number of benzene rings is 2. The molecule has 0 aliphatic carbocycles. The summed E-state index contributed by atoms with van der Waals surface area (Å²) in [6, 6.07) is 0. The van der Waals surface area contributed by atoms with E-state index in [1.807, 2.05) is 0 Å². The normalized spacial score (nSPS) is 15.8. The second kappa shape index (κ2) is 30.8. The van der Waals surface area contributed by atoms with E-state index in [1.165, 1.54) is 89.6 Å². The van der Waals surface area contributed by atoms with Crippen molar-refractivity contribution in [1.82, 2.24) is 0 Å². The average Bonchev–Trinajstić information content (AvgIpc) is 3.19. The Kier molecular flexibility index (Phi) is 30.2. The highest BCUT2D eigenvalue weighted by atomic mass is 31.1. The minimum atomic E-state index is -5.83. The average molecular weight is 951 g/mol. The van der Waals surface area contributed by atoms with Crippen LogP contribution in [0.1, 0.15) is 171 Å². The molecule has 368 valence electrons. The molecule has 0 aromatic heterocycles. The molecular formula is C50H83AlF11P. The van der Waals surface area contributed by atoms with Gasteiger partial charge < -0.3 is 0 Å².